The van der Waals surface area contributed by atoms with E-state index in [9.17, 15) is 9.59 Å². The fourth-order valence-electron chi connectivity index (χ4n) is 1.25. The van der Waals surface area contributed by atoms with Gasteiger partial charge in [0.2, 0.25) is 5.13 Å². The van der Waals surface area contributed by atoms with Gasteiger partial charge >= 0.3 is 5.97 Å². The number of rotatable bonds is 5. The van der Waals surface area contributed by atoms with Crippen LogP contribution in [0.3, 0.4) is 0 Å². The first-order valence-electron chi connectivity index (χ1n) is 5.30. The van der Waals surface area contributed by atoms with Crippen LogP contribution in [0, 0.1) is 0 Å². The lowest BCUT2D eigenvalue weighted by Gasteiger charge is -2.02. The Hall–Kier alpha value is -1.45. The standard InChI is InChI=1S/C11H8BrN3O3S2/c12-7-4-2-1-3-6(7)9(18)13-10-14-15-11(20-10)19-5-8(16)17/h1-4H,5H2,(H,16,17)(H,13,14,18). The van der Waals surface area contributed by atoms with E-state index in [0.29, 0.717) is 19.5 Å². The second-order valence-corrected chi connectivity index (χ2v) is 6.54. The molecule has 0 atom stereocenters. The molecule has 20 heavy (non-hydrogen) atoms. The second-order valence-electron chi connectivity index (χ2n) is 3.49. The van der Waals surface area contributed by atoms with Crippen LogP contribution in [0.5, 0.6) is 0 Å². The highest BCUT2D eigenvalue weighted by Crippen LogP contribution is 2.26. The molecule has 0 radical (unpaired) electrons. The highest BCUT2D eigenvalue weighted by atomic mass is 79.9. The van der Waals surface area contributed by atoms with Crippen LogP contribution >= 0.6 is 39.0 Å². The van der Waals surface area contributed by atoms with Crippen LogP contribution in [0.25, 0.3) is 0 Å². The molecule has 6 nitrogen and oxygen atoms in total. The van der Waals surface area contributed by atoms with Gasteiger partial charge in [-0.1, -0.05) is 35.2 Å². The predicted octanol–water partition coefficient (Wildman–Crippen LogP) is 2.73. The summed E-state index contributed by atoms with van der Waals surface area (Å²) in [5, 5.41) is 19.1. The summed E-state index contributed by atoms with van der Waals surface area (Å²) in [5.41, 5.74) is 0.488. The maximum absolute atomic E-state index is 12.0. The Labute approximate surface area is 130 Å². The summed E-state index contributed by atoms with van der Waals surface area (Å²) in [6.07, 6.45) is 0. The summed E-state index contributed by atoms with van der Waals surface area (Å²) in [6.45, 7) is 0. The van der Waals surface area contributed by atoms with Crippen molar-refractivity contribution in [1.82, 2.24) is 10.2 Å². The average Bonchev–Trinajstić information content (AvgIpc) is 2.84. The van der Waals surface area contributed by atoms with E-state index in [-0.39, 0.29) is 11.7 Å². The summed E-state index contributed by atoms with van der Waals surface area (Å²) >= 11 is 5.49. The molecule has 0 spiro atoms. The zero-order valence-corrected chi connectivity index (χ0v) is 13.1. The zero-order valence-electron chi connectivity index (χ0n) is 9.87. The number of benzene rings is 1. The molecule has 1 aromatic heterocycles. The van der Waals surface area contributed by atoms with Gasteiger partial charge in [0.1, 0.15) is 0 Å². The first kappa shape index (κ1) is 14.9. The molecular weight excluding hydrogens is 366 g/mol. The fraction of sp³-hybridized carbons (Fsp3) is 0.0909. The van der Waals surface area contributed by atoms with E-state index in [2.05, 4.69) is 31.4 Å². The van der Waals surface area contributed by atoms with Gasteiger partial charge in [0, 0.05) is 4.47 Å². The molecule has 1 heterocycles. The minimum atomic E-state index is -0.927. The monoisotopic (exact) mass is 373 g/mol. The minimum absolute atomic E-state index is 0.0905. The van der Waals surface area contributed by atoms with Crippen LogP contribution in [0.4, 0.5) is 5.13 Å². The van der Waals surface area contributed by atoms with Gasteiger partial charge in [0.05, 0.1) is 11.3 Å². The van der Waals surface area contributed by atoms with Crippen LogP contribution in [-0.2, 0) is 4.79 Å². The molecule has 1 aromatic carbocycles. The van der Waals surface area contributed by atoms with Gasteiger partial charge in [0.25, 0.3) is 5.91 Å². The van der Waals surface area contributed by atoms with E-state index < -0.39 is 5.97 Å². The minimum Gasteiger partial charge on any atom is -0.481 e. The number of carboxylic acids is 1. The van der Waals surface area contributed by atoms with Crippen molar-refractivity contribution in [1.29, 1.82) is 0 Å². The lowest BCUT2D eigenvalue weighted by atomic mass is 10.2. The number of carbonyl (C=O) groups is 2. The molecule has 9 heteroatoms. The molecular formula is C11H8BrN3O3S2. The molecule has 104 valence electrons. The molecule has 1 amide bonds. The third-order valence-corrected chi connectivity index (χ3v) is 4.71. The number of hydrogen-bond donors (Lipinski definition) is 2. The third-order valence-electron chi connectivity index (χ3n) is 2.06. The Morgan fingerprint density at radius 2 is 2.10 bits per heavy atom. The van der Waals surface area contributed by atoms with Crippen molar-refractivity contribution in [3.05, 3.63) is 34.3 Å². The van der Waals surface area contributed by atoms with Crippen molar-refractivity contribution < 1.29 is 14.7 Å². The molecule has 2 N–H and O–H groups in total. The Bertz CT molecular complexity index is 647. The zero-order chi connectivity index (χ0) is 14.5. The molecule has 0 saturated heterocycles. The number of halogens is 1. The van der Waals surface area contributed by atoms with E-state index in [4.69, 9.17) is 5.11 Å². The van der Waals surface area contributed by atoms with Crippen molar-refractivity contribution in [2.24, 2.45) is 0 Å². The molecule has 2 rings (SSSR count). The summed E-state index contributed by atoms with van der Waals surface area (Å²) in [7, 11) is 0. The SMILES string of the molecule is O=C(O)CSc1nnc(NC(=O)c2ccccc2Br)s1. The van der Waals surface area contributed by atoms with Gasteiger partial charge in [-0.15, -0.1) is 10.2 Å². The van der Waals surface area contributed by atoms with Crippen LogP contribution in [0.2, 0.25) is 0 Å². The molecule has 0 aliphatic heterocycles. The van der Waals surface area contributed by atoms with Gasteiger partial charge in [0.15, 0.2) is 4.34 Å². The molecule has 0 saturated carbocycles. The molecule has 0 unspecified atom stereocenters. The first-order valence-corrected chi connectivity index (χ1v) is 7.90. The number of carbonyl (C=O) groups excluding carboxylic acids is 1. The Morgan fingerprint density at radius 1 is 1.35 bits per heavy atom. The van der Waals surface area contributed by atoms with Crippen molar-refractivity contribution >= 4 is 56.0 Å². The number of anilines is 1. The molecule has 2 aromatic rings. The summed E-state index contributed by atoms with van der Waals surface area (Å²) in [4.78, 5) is 22.4. The number of hydrogen-bond acceptors (Lipinski definition) is 6. The average molecular weight is 374 g/mol. The number of aromatic nitrogens is 2. The van der Waals surface area contributed by atoms with Gasteiger partial charge in [-0.2, -0.15) is 0 Å². The molecule has 0 bridgehead atoms. The first-order chi connectivity index (χ1) is 9.56. The second kappa shape index (κ2) is 6.82. The Morgan fingerprint density at radius 3 is 2.80 bits per heavy atom. The van der Waals surface area contributed by atoms with Gasteiger partial charge in [-0.25, -0.2) is 0 Å². The van der Waals surface area contributed by atoms with Crippen molar-refractivity contribution in [2.75, 3.05) is 11.1 Å². The Balaban J connectivity index is 2.02. The summed E-state index contributed by atoms with van der Waals surface area (Å²) in [5.74, 6) is -1.32. The maximum Gasteiger partial charge on any atom is 0.313 e. The van der Waals surface area contributed by atoms with Gasteiger partial charge in [-0.3, -0.25) is 14.9 Å². The number of thioether (sulfide) groups is 1. The lowest BCUT2D eigenvalue weighted by Crippen LogP contribution is -2.12. The van der Waals surface area contributed by atoms with Crippen LogP contribution < -0.4 is 5.32 Å². The van der Waals surface area contributed by atoms with Crippen molar-refractivity contribution in [3.63, 3.8) is 0 Å². The lowest BCUT2D eigenvalue weighted by molar-refractivity contribution is -0.133. The van der Waals surface area contributed by atoms with E-state index >= 15 is 0 Å². The van der Waals surface area contributed by atoms with E-state index in [0.717, 1.165) is 23.1 Å². The van der Waals surface area contributed by atoms with Gasteiger partial charge in [-0.05, 0) is 28.1 Å². The largest absolute Gasteiger partial charge is 0.481 e. The molecule has 0 aliphatic carbocycles. The third kappa shape index (κ3) is 4.02. The molecule has 0 aliphatic rings. The normalized spacial score (nSPS) is 10.2. The van der Waals surface area contributed by atoms with Crippen LogP contribution in [0.1, 0.15) is 10.4 Å². The highest BCUT2D eigenvalue weighted by Gasteiger charge is 2.13. The number of amides is 1. The number of aliphatic carboxylic acids is 1. The quantitative estimate of drug-likeness (QED) is 0.618. The van der Waals surface area contributed by atoms with E-state index in [1.54, 1.807) is 18.2 Å². The topological polar surface area (TPSA) is 92.2 Å². The van der Waals surface area contributed by atoms with Gasteiger partial charge < -0.3 is 5.11 Å². The number of carboxylic acid groups (broad SMARTS) is 1. The molecule has 0 fully saturated rings. The highest BCUT2D eigenvalue weighted by molar-refractivity contribution is 9.10. The number of nitrogens with one attached hydrogen (secondary N) is 1. The van der Waals surface area contributed by atoms with E-state index in [1.807, 2.05) is 6.07 Å². The number of nitrogens with zero attached hydrogens (tertiary/aromatic N) is 2. The smallest absolute Gasteiger partial charge is 0.313 e. The van der Waals surface area contributed by atoms with Crippen molar-refractivity contribution in [3.8, 4) is 0 Å². The Kier molecular flexibility index (Phi) is 5.10. The van der Waals surface area contributed by atoms with Crippen molar-refractivity contribution in [2.45, 2.75) is 4.34 Å². The van der Waals surface area contributed by atoms with E-state index in [1.165, 1.54) is 0 Å². The summed E-state index contributed by atoms with van der Waals surface area (Å²) < 4.78 is 1.18. The maximum atomic E-state index is 12.0. The van der Waals surface area contributed by atoms with Crippen LogP contribution in [0.15, 0.2) is 33.1 Å². The predicted molar refractivity (Wildman–Crippen MR) is 80.4 cm³/mol. The van der Waals surface area contributed by atoms with Crippen LogP contribution in [-0.4, -0.2) is 32.9 Å². The fourth-order valence-corrected chi connectivity index (χ4v) is 3.18. The summed E-state index contributed by atoms with van der Waals surface area (Å²) in [6, 6.07) is 7.02.